The van der Waals surface area contributed by atoms with Crippen molar-refractivity contribution in [1.82, 2.24) is 4.90 Å². The number of piperidine rings is 1. The van der Waals surface area contributed by atoms with Crippen molar-refractivity contribution in [3.05, 3.63) is 0 Å². The molecule has 0 amide bonds. The van der Waals surface area contributed by atoms with E-state index in [2.05, 4.69) is 32.6 Å². The summed E-state index contributed by atoms with van der Waals surface area (Å²) in [5.74, 6) is 1.72. The fraction of sp³-hybridized carbons (Fsp3) is 1.00. The third-order valence-corrected chi connectivity index (χ3v) is 4.06. The second-order valence-electron chi connectivity index (χ2n) is 6.69. The molecule has 1 rings (SSSR count). The van der Waals surface area contributed by atoms with Gasteiger partial charge >= 0.3 is 0 Å². The minimum absolute atomic E-state index is 0.862. The van der Waals surface area contributed by atoms with Gasteiger partial charge in [-0.25, -0.2) is 0 Å². The lowest BCUT2D eigenvalue weighted by atomic mass is 9.94. The van der Waals surface area contributed by atoms with E-state index in [1.807, 2.05) is 0 Å². The molecule has 1 heteroatoms. The van der Waals surface area contributed by atoms with Crippen molar-refractivity contribution in [1.29, 1.82) is 0 Å². The first kappa shape index (κ1) is 15.0. The van der Waals surface area contributed by atoms with E-state index in [9.17, 15) is 0 Å². The Bertz CT molecular complexity index is 168. The van der Waals surface area contributed by atoms with E-state index in [-0.39, 0.29) is 0 Å². The van der Waals surface area contributed by atoms with Crippen LogP contribution in [0.3, 0.4) is 0 Å². The molecule has 1 aliphatic heterocycles. The minimum Gasteiger partial charge on any atom is -0.300 e. The Kier molecular flexibility index (Phi) is 7.18. The molecule has 0 atom stereocenters. The van der Waals surface area contributed by atoms with E-state index >= 15 is 0 Å². The van der Waals surface area contributed by atoms with Gasteiger partial charge in [0.1, 0.15) is 0 Å². The minimum atomic E-state index is 0.862. The fourth-order valence-electron chi connectivity index (χ4n) is 2.84. The zero-order valence-electron chi connectivity index (χ0n) is 12.5. The molecule has 0 spiro atoms. The second-order valence-corrected chi connectivity index (χ2v) is 6.69. The van der Waals surface area contributed by atoms with Gasteiger partial charge in [-0.2, -0.15) is 0 Å². The lowest BCUT2D eigenvalue weighted by molar-refractivity contribution is 0.137. The molecule has 17 heavy (non-hydrogen) atoms. The van der Waals surface area contributed by atoms with Crippen molar-refractivity contribution in [2.45, 2.75) is 78.7 Å². The van der Waals surface area contributed by atoms with Gasteiger partial charge < -0.3 is 4.90 Å². The maximum Gasteiger partial charge on any atom is 0.00954 e. The topological polar surface area (TPSA) is 3.24 Å². The summed E-state index contributed by atoms with van der Waals surface area (Å²) in [5, 5.41) is 0. The standard InChI is InChI=1S/C16H33N/c1-14(2)8-10-16(11-9-15(3)4)17-12-6-5-7-13-17/h14-16H,5-13H2,1-4H3. The summed E-state index contributed by atoms with van der Waals surface area (Å²) in [5.41, 5.74) is 0. The highest BCUT2D eigenvalue weighted by molar-refractivity contribution is 4.76. The van der Waals surface area contributed by atoms with Gasteiger partial charge in [0.15, 0.2) is 0 Å². The molecule has 0 N–H and O–H groups in total. The molecule has 102 valence electrons. The Morgan fingerprint density at radius 1 is 0.706 bits per heavy atom. The summed E-state index contributed by atoms with van der Waals surface area (Å²) in [7, 11) is 0. The number of rotatable bonds is 7. The van der Waals surface area contributed by atoms with Crippen LogP contribution in [0.4, 0.5) is 0 Å². The molecule has 0 aliphatic carbocycles. The van der Waals surface area contributed by atoms with Crippen molar-refractivity contribution in [3.63, 3.8) is 0 Å². The van der Waals surface area contributed by atoms with Crippen LogP contribution in [0, 0.1) is 11.8 Å². The summed E-state index contributed by atoms with van der Waals surface area (Å²) in [6.45, 7) is 12.2. The average molecular weight is 239 g/mol. The van der Waals surface area contributed by atoms with E-state index in [4.69, 9.17) is 0 Å². The Morgan fingerprint density at radius 2 is 1.18 bits per heavy atom. The van der Waals surface area contributed by atoms with Gasteiger partial charge in [0.05, 0.1) is 0 Å². The van der Waals surface area contributed by atoms with Crippen molar-refractivity contribution >= 4 is 0 Å². The zero-order valence-corrected chi connectivity index (χ0v) is 12.5. The van der Waals surface area contributed by atoms with Crippen LogP contribution >= 0.6 is 0 Å². The molecule has 1 saturated heterocycles. The van der Waals surface area contributed by atoms with Crippen molar-refractivity contribution in [2.24, 2.45) is 11.8 Å². The maximum absolute atomic E-state index is 2.79. The molecule has 0 unspecified atom stereocenters. The Balaban J connectivity index is 2.38. The smallest absolute Gasteiger partial charge is 0.00954 e. The highest BCUT2D eigenvalue weighted by Crippen LogP contribution is 2.22. The van der Waals surface area contributed by atoms with E-state index in [0.29, 0.717) is 0 Å². The SMILES string of the molecule is CC(C)CCC(CCC(C)C)N1CCCCC1. The number of hydrogen-bond acceptors (Lipinski definition) is 1. The molecule has 0 bridgehead atoms. The fourth-order valence-corrected chi connectivity index (χ4v) is 2.84. The monoisotopic (exact) mass is 239 g/mol. The normalized spacial score (nSPS) is 18.5. The van der Waals surface area contributed by atoms with Crippen LogP contribution in [0.25, 0.3) is 0 Å². The van der Waals surface area contributed by atoms with Crippen molar-refractivity contribution in [3.8, 4) is 0 Å². The first-order valence-electron chi connectivity index (χ1n) is 7.83. The molecule has 1 aliphatic rings. The molecular formula is C16H33N. The van der Waals surface area contributed by atoms with Gasteiger partial charge in [-0.1, -0.05) is 34.1 Å². The predicted octanol–water partition coefficient (Wildman–Crippen LogP) is 4.71. The number of nitrogens with zero attached hydrogens (tertiary/aromatic N) is 1. The summed E-state index contributed by atoms with van der Waals surface area (Å²) in [6, 6.07) is 0.875. The van der Waals surface area contributed by atoms with Gasteiger partial charge in [-0.05, 0) is 63.5 Å². The molecule has 0 aromatic carbocycles. The Hall–Kier alpha value is -0.0400. The van der Waals surface area contributed by atoms with Crippen LogP contribution in [0.1, 0.15) is 72.6 Å². The quantitative estimate of drug-likeness (QED) is 0.622. The van der Waals surface area contributed by atoms with Crippen molar-refractivity contribution < 1.29 is 0 Å². The zero-order chi connectivity index (χ0) is 12.7. The molecule has 1 nitrogen and oxygen atoms in total. The third-order valence-electron chi connectivity index (χ3n) is 4.06. The summed E-state index contributed by atoms with van der Waals surface area (Å²) in [6.07, 6.45) is 9.96. The highest BCUT2D eigenvalue weighted by Gasteiger charge is 2.20. The van der Waals surface area contributed by atoms with Crippen LogP contribution in [0.5, 0.6) is 0 Å². The van der Waals surface area contributed by atoms with Gasteiger partial charge in [-0.3, -0.25) is 0 Å². The third kappa shape index (κ3) is 6.45. The van der Waals surface area contributed by atoms with Gasteiger partial charge in [0.2, 0.25) is 0 Å². The van der Waals surface area contributed by atoms with Crippen LogP contribution in [-0.2, 0) is 0 Å². The van der Waals surface area contributed by atoms with Crippen LogP contribution in [0.15, 0.2) is 0 Å². The van der Waals surface area contributed by atoms with E-state index in [1.165, 1.54) is 58.0 Å². The van der Waals surface area contributed by atoms with E-state index < -0.39 is 0 Å². The molecule has 0 aromatic rings. The molecule has 1 heterocycles. The van der Waals surface area contributed by atoms with Crippen LogP contribution in [0.2, 0.25) is 0 Å². The van der Waals surface area contributed by atoms with Crippen molar-refractivity contribution in [2.75, 3.05) is 13.1 Å². The molecule has 1 fully saturated rings. The summed E-state index contributed by atoms with van der Waals surface area (Å²) in [4.78, 5) is 2.79. The van der Waals surface area contributed by atoms with Gasteiger partial charge in [-0.15, -0.1) is 0 Å². The lowest BCUT2D eigenvalue weighted by Crippen LogP contribution is -2.39. The maximum atomic E-state index is 2.79. The predicted molar refractivity (Wildman–Crippen MR) is 77.4 cm³/mol. The Morgan fingerprint density at radius 3 is 1.59 bits per heavy atom. The molecule has 0 aromatic heterocycles. The highest BCUT2D eigenvalue weighted by atomic mass is 15.2. The van der Waals surface area contributed by atoms with Crippen LogP contribution < -0.4 is 0 Å². The largest absolute Gasteiger partial charge is 0.300 e. The van der Waals surface area contributed by atoms with Crippen LogP contribution in [-0.4, -0.2) is 24.0 Å². The molecule has 0 saturated carbocycles. The second kappa shape index (κ2) is 8.13. The summed E-state index contributed by atoms with van der Waals surface area (Å²) < 4.78 is 0. The first-order valence-corrected chi connectivity index (χ1v) is 7.83. The van der Waals surface area contributed by atoms with Gasteiger partial charge in [0, 0.05) is 6.04 Å². The molecule has 0 radical (unpaired) electrons. The Labute approximate surface area is 109 Å². The lowest BCUT2D eigenvalue weighted by Gasteiger charge is -2.35. The molecular weight excluding hydrogens is 206 g/mol. The van der Waals surface area contributed by atoms with Gasteiger partial charge in [0.25, 0.3) is 0 Å². The average Bonchev–Trinajstić information content (AvgIpc) is 2.29. The van der Waals surface area contributed by atoms with E-state index in [0.717, 1.165) is 17.9 Å². The first-order chi connectivity index (χ1) is 8.09. The number of hydrogen-bond donors (Lipinski definition) is 0. The van der Waals surface area contributed by atoms with E-state index in [1.54, 1.807) is 0 Å². The number of likely N-dealkylation sites (tertiary alicyclic amines) is 1. The summed E-state index contributed by atoms with van der Waals surface area (Å²) >= 11 is 0.